The molecule has 0 saturated carbocycles. The number of hydrogen-bond acceptors (Lipinski definition) is 7. The lowest BCUT2D eigenvalue weighted by Gasteiger charge is -2.56. The van der Waals surface area contributed by atoms with E-state index >= 15 is 0 Å². The number of carbonyl (C=O) groups is 1. The van der Waals surface area contributed by atoms with Crippen LogP contribution in [0.3, 0.4) is 0 Å². The number of alkyl halides is 2. The van der Waals surface area contributed by atoms with Crippen LogP contribution >= 0.6 is 0 Å². The van der Waals surface area contributed by atoms with E-state index in [9.17, 15) is 13.6 Å². The molecule has 0 spiro atoms. The van der Waals surface area contributed by atoms with Crippen LogP contribution in [-0.2, 0) is 10.7 Å². The van der Waals surface area contributed by atoms with Gasteiger partial charge in [0.05, 0.1) is 10.9 Å². The third-order valence-electron chi connectivity index (χ3n) is 6.31. The van der Waals surface area contributed by atoms with Crippen LogP contribution in [-0.4, -0.2) is 67.3 Å². The molecule has 3 aromatic heterocycles. The summed E-state index contributed by atoms with van der Waals surface area (Å²) in [5, 5.41) is 8.26. The number of pyridine rings is 1. The number of likely N-dealkylation sites (N-methyl/N-ethyl adjacent to an activating group) is 1. The first kappa shape index (κ1) is 21.6. The molecule has 6 heterocycles. The van der Waals surface area contributed by atoms with E-state index in [1.54, 1.807) is 29.9 Å². The summed E-state index contributed by atoms with van der Waals surface area (Å²) in [7, 11) is 0. The number of rotatable bonds is 5. The number of fused-ring (bicyclic) bond motifs is 3. The number of anilines is 2. The number of amides is 1. The zero-order valence-corrected chi connectivity index (χ0v) is 19.0. The normalized spacial score (nSPS) is 20.7. The minimum atomic E-state index is -3.19. The highest BCUT2D eigenvalue weighted by Crippen LogP contribution is 2.37. The Labute approximate surface area is 189 Å². The van der Waals surface area contributed by atoms with Crippen molar-refractivity contribution in [2.75, 3.05) is 29.9 Å². The summed E-state index contributed by atoms with van der Waals surface area (Å²) in [4.78, 5) is 28.7. The molecule has 3 saturated heterocycles. The van der Waals surface area contributed by atoms with Gasteiger partial charge in [-0.25, -0.2) is 19.6 Å². The van der Waals surface area contributed by atoms with Gasteiger partial charge < -0.3 is 10.2 Å². The van der Waals surface area contributed by atoms with Gasteiger partial charge in [-0.15, -0.1) is 5.10 Å². The van der Waals surface area contributed by atoms with Crippen molar-refractivity contribution in [2.45, 2.75) is 52.1 Å². The first-order valence-corrected chi connectivity index (χ1v) is 11.1. The second-order valence-electron chi connectivity index (χ2n) is 8.86. The summed E-state index contributed by atoms with van der Waals surface area (Å²) >= 11 is 0. The summed E-state index contributed by atoms with van der Waals surface area (Å²) in [5.41, 5.74) is 1.04. The zero-order chi connectivity index (χ0) is 23.5. The van der Waals surface area contributed by atoms with E-state index in [1.165, 1.54) is 13.3 Å². The Balaban J connectivity index is 1.64. The SMILES string of the molecule is CCN1C2CC1CN(c1nn(-c3cc(C)nc(C(C)(F)F)n3)c3cc(NC(C)=O)ncc13)C2. The molecule has 1 N–H and O–H groups in total. The molecule has 3 aliphatic rings. The molecular formula is C22H26F2N8O. The van der Waals surface area contributed by atoms with Gasteiger partial charge in [-0.05, 0) is 19.9 Å². The van der Waals surface area contributed by atoms with Gasteiger partial charge in [0.2, 0.25) is 11.7 Å². The molecule has 2 atom stereocenters. The van der Waals surface area contributed by atoms with Crippen LogP contribution in [0.5, 0.6) is 0 Å². The quantitative estimate of drug-likeness (QED) is 0.631. The maximum atomic E-state index is 14.0. The van der Waals surface area contributed by atoms with Gasteiger partial charge in [0.25, 0.3) is 0 Å². The Hall–Kier alpha value is -3.21. The predicted molar refractivity (Wildman–Crippen MR) is 120 cm³/mol. The monoisotopic (exact) mass is 456 g/mol. The molecule has 33 heavy (non-hydrogen) atoms. The standard InChI is InChI=1S/C22H26F2N8O/c1-5-31-14-7-15(31)11-30(10-14)20-16-9-25-18(27-13(3)33)8-17(16)32(29-20)19-6-12(2)26-21(28-19)22(4,23)24/h6,8-9,14-15H,5,7,10-11H2,1-4H3,(H,25,27,33). The summed E-state index contributed by atoms with van der Waals surface area (Å²) in [6.45, 7) is 8.69. The topological polar surface area (TPSA) is 92.1 Å². The van der Waals surface area contributed by atoms with Crippen molar-refractivity contribution >= 4 is 28.4 Å². The van der Waals surface area contributed by atoms with Crippen molar-refractivity contribution in [3.8, 4) is 5.82 Å². The molecule has 0 radical (unpaired) electrons. The van der Waals surface area contributed by atoms with E-state index in [-0.39, 0.29) is 11.7 Å². The lowest BCUT2D eigenvalue weighted by molar-refractivity contribution is -0.114. The zero-order valence-electron chi connectivity index (χ0n) is 19.0. The van der Waals surface area contributed by atoms with E-state index in [2.05, 4.69) is 37.0 Å². The average molecular weight is 457 g/mol. The van der Waals surface area contributed by atoms with Crippen molar-refractivity contribution in [3.05, 3.63) is 29.8 Å². The Morgan fingerprint density at radius 3 is 2.61 bits per heavy atom. The minimum absolute atomic E-state index is 0.243. The van der Waals surface area contributed by atoms with Crippen LogP contribution in [0, 0.1) is 6.92 Å². The van der Waals surface area contributed by atoms with Gasteiger partial charge in [0, 0.05) is 63.0 Å². The Bertz CT molecular complexity index is 1230. The number of aryl methyl sites for hydroxylation is 1. The Kier molecular flexibility index (Phi) is 5.04. The summed E-state index contributed by atoms with van der Waals surface area (Å²) in [5.74, 6) is -2.67. The Morgan fingerprint density at radius 1 is 1.24 bits per heavy atom. The van der Waals surface area contributed by atoms with Crippen LogP contribution in [0.25, 0.3) is 16.7 Å². The molecule has 6 rings (SSSR count). The molecule has 1 amide bonds. The molecule has 2 bridgehead atoms. The molecule has 3 fully saturated rings. The highest BCUT2D eigenvalue weighted by molar-refractivity contribution is 5.95. The second kappa shape index (κ2) is 7.68. The number of halogens is 2. The van der Waals surface area contributed by atoms with Crippen molar-refractivity contribution < 1.29 is 13.6 Å². The molecule has 0 aliphatic carbocycles. The predicted octanol–water partition coefficient (Wildman–Crippen LogP) is 2.87. The molecule has 3 aliphatic heterocycles. The summed E-state index contributed by atoms with van der Waals surface area (Å²) in [6, 6.07) is 4.27. The van der Waals surface area contributed by atoms with Gasteiger partial charge in [0.15, 0.2) is 11.6 Å². The van der Waals surface area contributed by atoms with Gasteiger partial charge in [-0.1, -0.05) is 6.92 Å². The third kappa shape index (κ3) is 3.79. The third-order valence-corrected chi connectivity index (χ3v) is 6.31. The molecule has 3 aromatic rings. The average Bonchev–Trinajstić information content (AvgIpc) is 3.11. The van der Waals surface area contributed by atoms with E-state index in [4.69, 9.17) is 5.10 Å². The minimum Gasteiger partial charge on any atom is -0.351 e. The number of aromatic nitrogens is 5. The van der Waals surface area contributed by atoms with E-state index < -0.39 is 11.7 Å². The van der Waals surface area contributed by atoms with Crippen LogP contribution in [0.1, 0.15) is 38.7 Å². The molecule has 9 nitrogen and oxygen atoms in total. The fourth-order valence-electron chi connectivity index (χ4n) is 4.88. The van der Waals surface area contributed by atoms with Gasteiger partial charge in [-0.3, -0.25) is 9.69 Å². The molecule has 174 valence electrons. The number of hydrogen-bond donors (Lipinski definition) is 1. The summed E-state index contributed by atoms with van der Waals surface area (Å²) < 4.78 is 29.6. The van der Waals surface area contributed by atoms with Crippen LogP contribution in [0.15, 0.2) is 18.3 Å². The van der Waals surface area contributed by atoms with Crippen LogP contribution in [0.4, 0.5) is 20.4 Å². The first-order valence-electron chi connectivity index (χ1n) is 11.1. The molecule has 2 unspecified atom stereocenters. The molecule has 0 aromatic carbocycles. The van der Waals surface area contributed by atoms with Crippen LogP contribution in [0.2, 0.25) is 0 Å². The highest BCUT2D eigenvalue weighted by atomic mass is 19.3. The second-order valence-corrected chi connectivity index (χ2v) is 8.86. The maximum absolute atomic E-state index is 14.0. The van der Waals surface area contributed by atoms with Gasteiger partial charge in [-0.2, -0.15) is 8.78 Å². The number of piperidine rings is 1. The molecule has 11 heteroatoms. The van der Waals surface area contributed by atoms with Crippen molar-refractivity contribution in [3.63, 3.8) is 0 Å². The van der Waals surface area contributed by atoms with Crippen LogP contribution < -0.4 is 10.2 Å². The van der Waals surface area contributed by atoms with Gasteiger partial charge in [0.1, 0.15) is 5.82 Å². The van der Waals surface area contributed by atoms with Crippen molar-refractivity contribution in [2.24, 2.45) is 0 Å². The fourth-order valence-corrected chi connectivity index (χ4v) is 4.88. The smallest absolute Gasteiger partial charge is 0.303 e. The van der Waals surface area contributed by atoms with Gasteiger partial charge >= 0.3 is 5.92 Å². The molecular weight excluding hydrogens is 430 g/mol. The van der Waals surface area contributed by atoms with E-state index in [0.717, 1.165) is 37.8 Å². The summed E-state index contributed by atoms with van der Waals surface area (Å²) in [6.07, 6.45) is 2.84. The lowest BCUT2D eigenvalue weighted by Crippen LogP contribution is -2.68. The number of nitrogens with zero attached hydrogens (tertiary/aromatic N) is 7. The lowest BCUT2D eigenvalue weighted by atomic mass is 9.87. The highest BCUT2D eigenvalue weighted by Gasteiger charge is 2.44. The number of nitrogens with one attached hydrogen (secondary N) is 1. The first-order chi connectivity index (χ1) is 15.6. The van der Waals surface area contributed by atoms with E-state index in [1.807, 2.05) is 0 Å². The Morgan fingerprint density at radius 2 is 1.97 bits per heavy atom. The number of piperazine rings is 1. The van der Waals surface area contributed by atoms with Crippen molar-refractivity contribution in [1.29, 1.82) is 0 Å². The maximum Gasteiger partial charge on any atom is 0.303 e. The van der Waals surface area contributed by atoms with E-state index in [0.29, 0.717) is 29.1 Å². The fraction of sp³-hybridized carbons (Fsp3) is 0.500. The van der Waals surface area contributed by atoms with Crippen molar-refractivity contribution in [1.82, 2.24) is 29.6 Å². The number of carbonyl (C=O) groups excluding carboxylic acids is 1. The largest absolute Gasteiger partial charge is 0.351 e.